The van der Waals surface area contributed by atoms with Crippen LogP contribution in [0.3, 0.4) is 0 Å². The van der Waals surface area contributed by atoms with E-state index in [0.29, 0.717) is 0 Å². The van der Waals surface area contributed by atoms with Gasteiger partial charge in [-0.15, -0.1) is 0 Å². The summed E-state index contributed by atoms with van der Waals surface area (Å²) in [6.07, 6.45) is 5.82. The van der Waals surface area contributed by atoms with Gasteiger partial charge in [-0.1, -0.05) is 27.2 Å². The van der Waals surface area contributed by atoms with Crippen molar-refractivity contribution in [2.24, 2.45) is 5.41 Å². The maximum atomic E-state index is 12.1. The molecule has 3 rings (SSSR count). The molecule has 0 saturated carbocycles. The van der Waals surface area contributed by atoms with E-state index in [9.17, 15) is 4.79 Å². The van der Waals surface area contributed by atoms with Crippen molar-refractivity contribution in [1.82, 2.24) is 0 Å². The van der Waals surface area contributed by atoms with Gasteiger partial charge in [-0.05, 0) is 37.5 Å². The molecule has 1 aliphatic rings. The zero-order valence-electron chi connectivity index (χ0n) is 13.1. The van der Waals surface area contributed by atoms with Gasteiger partial charge < -0.3 is 9.73 Å². The van der Waals surface area contributed by atoms with Crippen LogP contribution in [0.2, 0.25) is 0 Å². The number of rotatable bonds is 1. The minimum atomic E-state index is -0.387. The molecule has 2 aromatic rings. The molecule has 1 heterocycles. The Morgan fingerprint density at radius 3 is 2.67 bits per heavy atom. The number of anilines is 1. The zero-order chi connectivity index (χ0) is 15.0. The van der Waals surface area contributed by atoms with E-state index in [4.69, 9.17) is 4.42 Å². The fourth-order valence-electron chi connectivity index (χ4n) is 2.84. The van der Waals surface area contributed by atoms with Crippen molar-refractivity contribution < 1.29 is 9.21 Å². The van der Waals surface area contributed by atoms with Gasteiger partial charge in [0.1, 0.15) is 11.3 Å². The largest absolute Gasteiger partial charge is 0.461 e. The normalized spacial score (nSPS) is 15.6. The van der Waals surface area contributed by atoms with Crippen LogP contribution < -0.4 is 5.32 Å². The van der Waals surface area contributed by atoms with Gasteiger partial charge in [0, 0.05) is 28.5 Å². The number of furan rings is 1. The number of carbonyl (C=O) groups is 1. The number of hydrogen-bond acceptors (Lipinski definition) is 2. The van der Waals surface area contributed by atoms with Crippen LogP contribution in [-0.2, 0) is 17.6 Å². The Balaban J connectivity index is 1.96. The molecule has 0 unspecified atom stereocenters. The van der Waals surface area contributed by atoms with Crippen molar-refractivity contribution in [1.29, 1.82) is 0 Å². The predicted octanol–water partition coefficient (Wildman–Crippen LogP) is 4.69. The number of nitrogens with one attached hydrogen (secondary N) is 1. The number of aryl methyl sites for hydroxylation is 2. The molecular formula is C18H23NO2. The highest BCUT2D eigenvalue weighted by atomic mass is 16.3. The van der Waals surface area contributed by atoms with E-state index < -0.39 is 0 Å². The Bertz CT molecular complexity index is 676. The van der Waals surface area contributed by atoms with Crippen molar-refractivity contribution in [2.75, 3.05) is 5.32 Å². The second kappa shape index (κ2) is 5.21. The van der Waals surface area contributed by atoms with Gasteiger partial charge in [-0.2, -0.15) is 0 Å². The first-order chi connectivity index (χ1) is 9.95. The molecule has 21 heavy (non-hydrogen) atoms. The third-order valence-corrected chi connectivity index (χ3v) is 4.14. The van der Waals surface area contributed by atoms with E-state index in [0.717, 1.165) is 29.9 Å². The summed E-state index contributed by atoms with van der Waals surface area (Å²) in [5.41, 5.74) is 2.75. The summed E-state index contributed by atoms with van der Waals surface area (Å²) in [6, 6.07) is 5.96. The maximum Gasteiger partial charge on any atom is 0.229 e. The van der Waals surface area contributed by atoms with Gasteiger partial charge in [0.05, 0.1) is 0 Å². The molecule has 112 valence electrons. The summed E-state index contributed by atoms with van der Waals surface area (Å²) in [7, 11) is 0. The number of amides is 1. The molecule has 3 nitrogen and oxygen atoms in total. The van der Waals surface area contributed by atoms with Crippen LogP contribution in [0, 0.1) is 5.41 Å². The average molecular weight is 285 g/mol. The molecule has 0 radical (unpaired) electrons. The smallest absolute Gasteiger partial charge is 0.229 e. The number of hydrogen-bond donors (Lipinski definition) is 1. The molecule has 1 amide bonds. The highest BCUT2D eigenvalue weighted by molar-refractivity contribution is 5.97. The Labute approximate surface area is 125 Å². The van der Waals surface area contributed by atoms with Crippen molar-refractivity contribution >= 4 is 22.6 Å². The molecule has 1 N–H and O–H groups in total. The lowest BCUT2D eigenvalue weighted by Crippen LogP contribution is -2.27. The SMILES string of the molecule is CC(C)(C)C(=O)Nc1ccc2oc3c(c2c1)CCCCC3. The Morgan fingerprint density at radius 2 is 1.90 bits per heavy atom. The minimum absolute atomic E-state index is 0.0384. The molecule has 1 aromatic heterocycles. The third kappa shape index (κ3) is 2.82. The van der Waals surface area contributed by atoms with Crippen molar-refractivity contribution in [3.63, 3.8) is 0 Å². The van der Waals surface area contributed by atoms with Crippen molar-refractivity contribution in [2.45, 2.75) is 52.9 Å². The van der Waals surface area contributed by atoms with E-state index in [1.165, 1.54) is 30.2 Å². The van der Waals surface area contributed by atoms with Gasteiger partial charge in [-0.3, -0.25) is 4.79 Å². The average Bonchev–Trinajstić information content (AvgIpc) is 2.60. The van der Waals surface area contributed by atoms with E-state index in [2.05, 4.69) is 11.4 Å². The van der Waals surface area contributed by atoms with Crippen LogP contribution in [0.5, 0.6) is 0 Å². The second-order valence-electron chi connectivity index (χ2n) is 6.98. The van der Waals surface area contributed by atoms with Gasteiger partial charge in [-0.25, -0.2) is 0 Å². The molecule has 0 atom stereocenters. The molecule has 3 heteroatoms. The molecule has 0 fully saturated rings. The fraction of sp³-hybridized carbons (Fsp3) is 0.500. The molecule has 0 aliphatic heterocycles. The molecule has 0 saturated heterocycles. The lowest BCUT2D eigenvalue weighted by Gasteiger charge is -2.17. The lowest BCUT2D eigenvalue weighted by atomic mass is 9.95. The molecular weight excluding hydrogens is 262 g/mol. The van der Waals surface area contributed by atoms with Crippen molar-refractivity contribution in [3.05, 3.63) is 29.5 Å². The summed E-state index contributed by atoms with van der Waals surface area (Å²) in [5, 5.41) is 4.17. The second-order valence-corrected chi connectivity index (χ2v) is 6.98. The third-order valence-electron chi connectivity index (χ3n) is 4.14. The zero-order valence-corrected chi connectivity index (χ0v) is 13.1. The molecule has 0 bridgehead atoms. The summed E-state index contributed by atoms with van der Waals surface area (Å²) in [6.45, 7) is 5.76. The number of fused-ring (bicyclic) bond motifs is 3. The van der Waals surface area contributed by atoms with Gasteiger partial charge in [0.25, 0.3) is 0 Å². The van der Waals surface area contributed by atoms with Crippen LogP contribution >= 0.6 is 0 Å². The topological polar surface area (TPSA) is 42.2 Å². The lowest BCUT2D eigenvalue weighted by molar-refractivity contribution is -0.123. The van der Waals surface area contributed by atoms with Gasteiger partial charge in [0.2, 0.25) is 5.91 Å². The first-order valence-electron chi connectivity index (χ1n) is 7.81. The molecule has 0 spiro atoms. The fourth-order valence-corrected chi connectivity index (χ4v) is 2.84. The standard InChI is InChI=1S/C18H23NO2/c1-18(2,3)17(20)19-12-9-10-16-14(11-12)13-7-5-4-6-8-15(13)21-16/h9-11H,4-8H2,1-3H3,(H,19,20). The van der Waals surface area contributed by atoms with Crippen LogP contribution in [0.15, 0.2) is 22.6 Å². The quantitative estimate of drug-likeness (QED) is 0.773. The van der Waals surface area contributed by atoms with Crippen molar-refractivity contribution in [3.8, 4) is 0 Å². The Morgan fingerprint density at radius 1 is 1.14 bits per heavy atom. The van der Waals surface area contributed by atoms with Gasteiger partial charge in [0.15, 0.2) is 0 Å². The summed E-state index contributed by atoms with van der Waals surface area (Å²) in [5.74, 6) is 1.18. The number of carbonyl (C=O) groups excluding carboxylic acids is 1. The van der Waals surface area contributed by atoms with E-state index in [-0.39, 0.29) is 11.3 Å². The van der Waals surface area contributed by atoms with E-state index >= 15 is 0 Å². The number of benzene rings is 1. The van der Waals surface area contributed by atoms with Crippen LogP contribution in [0.1, 0.15) is 51.4 Å². The first-order valence-corrected chi connectivity index (χ1v) is 7.81. The Hall–Kier alpha value is -1.77. The molecule has 1 aliphatic carbocycles. The van der Waals surface area contributed by atoms with Crippen LogP contribution in [0.4, 0.5) is 5.69 Å². The molecule has 1 aromatic carbocycles. The van der Waals surface area contributed by atoms with E-state index in [1.54, 1.807) is 0 Å². The summed E-state index contributed by atoms with van der Waals surface area (Å²) in [4.78, 5) is 12.1. The monoisotopic (exact) mass is 285 g/mol. The minimum Gasteiger partial charge on any atom is -0.461 e. The van der Waals surface area contributed by atoms with Crippen LogP contribution in [-0.4, -0.2) is 5.91 Å². The van der Waals surface area contributed by atoms with Gasteiger partial charge >= 0.3 is 0 Å². The van der Waals surface area contributed by atoms with Crippen LogP contribution in [0.25, 0.3) is 11.0 Å². The van der Waals surface area contributed by atoms with E-state index in [1.807, 2.05) is 32.9 Å². The predicted molar refractivity (Wildman–Crippen MR) is 85.6 cm³/mol. The summed E-state index contributed by atoms with van der Waals surface area (Å²) >= 11 is 0. The summed E-state index contributed by atoms with van der Waals surface area (Å²) < 4.78 is 5.99. The highest BCUT2D eigenvalue weighted by Gasteiger charge is 2.22. The maximum absolute atomic E-state index is 12.1. The Kier molecular flexibility index (Phi) is 3.52. The highest BCUT2D eigenvalue weighted by Crippen LogP contribution is 2.33. The first kappa shape index (κ1) is 14.2.